The third-order valence-corrected chi connectivity index (χ3v) is 3.17. The van der Waals surface area contributed by atoms with E-state index >= 15 is 0 Å². The van der Waals surface area contributed by atoms with Crippen LogP contribution in [0.5, 0.6) is 17.2 Å². The molecule has 2 aromatic rings. The molecule has 0 aliphatic carbocycles. The molecule has 22 heavy (non-hydrogen) atoms. The first-order chi connectivity index (χ1) is 10.7. The van der Waals surface area contributed by atoms with Crippen LogP contribution in [0.2, 0.25) is 0 Å². The topological polar surface area (TPSA) is 35.5 Å². The second-order valence-electron chi connectivity index (χ2n) is 5.09. The van der Waals surface area contributed by atoms with Crippen LogP contribution >= 0.6 is 0 Å². The monoisotopic (exact) mass is 298 g/mol. The number of para-hydroxylation sites is 1. The standard InChI is InChI=1S/C19H22O3/c1-3-8-18(20)17-14-16(11-12-19(17)21-13-4-2)22-15-9-6-5-7-10-15/h5-7,9-12,14H,3-4,8,13H2,1-2H3. The van der Waals surface area contributed by atoms with E-state index < -0.39 is 0 Å². The van der Waals surface area contributed by atoms with Crippen molar-refractivity contribution in [3.8, 4) is 17.2 Å². The molecule has 0 unspecified atom stereocenters. The third kappa shape index (κ3) is 4.35. The van der Waals surface area contributed by atoms with Gasteiger partial charge in [-0.05, 0) is 43.2 Å². The lowest BCUT2D eigenvalue weighted by Gasteiger charge is -2.12. The van der Waals surface area contributed by atoms with Gasteiger partial charge in [0.05, 0.1) is 12.2 Å². The summed E-state index contributed by atoms with van der Waals surface area (Å²) in [5.74, 6) is 2.13. The second-order valence-corrected chi connectivity index (χ2v) is 5.09. The fraction of sp³-hybridized carbons (Fsp3) is 0.316. The van der Waals surface area contributed by atoms with Crippen LogP contribution in [0.15, 0.2) is 48.5 Å². The molecule has 0 aliphatic rings. The van der Waals surface area contributed by atoms with E-state index in [4.69, 9.17) is 9.47 Å². The Kier molecular flexibility index (Phi) is 6.01. The van der Waals surface area contributed by atoms with Gasteiger partial charge < -0.3 is 9.47 Å². The zero-order chi connectivity index (χ0) is 15.8. The highest BCUT2D eigenvalue weighted by Gasteiger charge is 2.13. The largest absolute Gasteiger partial charge is 0.493 e. The Labute approximate surface area is 131 Å². The summed E-state index contributed by atoms with van der Waals surface area (Å²) in [5, 5.41) is 0. The quantitative estimate of drug-likeness (QED) is 0.624. The van der Waals surface area contributed by atoms with Gasteiger partial charge in [-0.25, -0.2) is 0 Å². The Balaban J connectivity index is 2.25. The molecular formula is C19H22O3. The van der Waals surface area contributed by atoms with Crippen molar-refractivity contribution in [1.29, 1.82) is 0 Å². The molecule has 0 heterocycles. The predicted molar refractivity (Wildman–Crippen MR) is 88.0 cm³/mol. The summed E-state index contributed by atoms with van der Waals surface area (Å²) in [6.07, 6.45) is 2.23. The molecular weight excluding hydrogens is 276 g/mol. The summed E-state index contributed by atoms with van der Waals surface area (Å²) in [5.41, 5.74) is 0.601. The first-order valence-corrected chi connectivity index (χ1v) is 7.77. The van der Waals surface area contributed by atoms with Gasteiger partial charge in [0.15, 0.2) is 5.78 Å². The van der Waals surface area contributed by atoms with Crippen molar-refractivity contribution in [3.63, 3.8) is 0 Å². The van der Waals surface area contributed by atoms with Crippen LogP contribution in [0.4, 0.5) is 0 Å². The lowest BCUT2D eigenvalue weighted by molar-refractivity contribution is 0.0977. The molecule has 116 valence electrons. The van der Waals surface area contributed by atoms with Gasteiger partial charge in [-0.3, -0.25) is 4.79 Å². The zero-order valence-electron chi connectivity index (χ0n) is 13.2. The Bertz CT molecular complexity index is 605. The minimum Gasteiger partial charge on any atom is -0.493 e. The molecule has 0 aliphatic heterocycles. The van der Waals surface area contributed by atoms with Crippen molar-refractivity contribution in [2.75, 3.05) is 6.61 Å². The molecule has 0 amide bonds. The van der Waals surface area contributed by atoms with Crippen molar-refractivity contribution in [2.24, 2.45) is 0 Å². The van der Waals surface area contributed by atoms with Crippen molar-refractivity contribution >= 4 is 5.78 Å². The number of ether oxygens (including phenoxy) is 2. The fourth-order valence-corrected chi connectivity index (χ4v) is 2.11. The van der Waals surface area contributed by atoms with Gasteiger partial charge in [0.2, 0.25) is 0 Å². The second kappa shape index (κ2) is 8.23. The maximum absolute atomic E-state index is 12.3. The van der Waals surface area contributed by atoms with Crippen molar-refractivity contribution in [1.82, 2.24) is 0 Å². The minimum absolute atomic E-state index is 0.0899. The van der Waals surface area contributed by atoms with Gasteiger partial charge in [-0.1, -0.05) is 32.0 Å². The van der Waals surface area contributed by atoms with Crippen LogP contribution in [0.1, 0.15) is 43.5 Å². The van der Waals surface area contributed by atoms with E-state index in [9.17, 15) is 4.79 Å². The summed E-state index contributed by atoms with van der Waals surface area (Å²) in [4.78, 5) is 12.3. The summed E-state index contributed by atoms with van der Waals surface area (Å²) in [7, 11) is 0. The highest BCUT2D eigenvalue weighted by Crippen LogP contribution is 2.29. The van der Waals surface area contributed by atoms with Crippen molar-refractivity contribution in [2.45, 2.75) is 33.1 Å². The molecule has 0 N–H and O–H groups in total. The number of rotatable bonds is 8. The smallest absolute Gasteiger partial charge is 0.166 e. The van der Waals surface area contributed by atoms with Crippen LogP contribution in [0.3, 0.4) is 0 Å². The Hall–Kier alpha value is -2.29. The molecule has 3 heteroatoms. The Morgan fingerprint density at radius 3 is 2.41 bits per heavy atom. The highest BCUT2D eigenvalue weighted by molar-refractivity contribution is 5.99. The summed E-state index contributed by atoms with van der Waals surface area (Å²) < 4.78 is 11.5. The molecule has 0 bridgehead atoms. The lowest BCUT2D eigenvalue weighted by atomic mass is 10.1. The van der Waals surface area contributed by atoms with Gasteiger partial charge in [-0.2, -0.15) is 0 Å². The van der Waals surface area contributed by atoms with Crippen molar-refractivity contribution < 1.29 is 14.3 Å². The first-order valence-electron chi connectivity index (χ1n) is 7.77. The van der Waals surface area contributed by atoms with E-state index in [-0.39, 0.29) is 5.78 Å². The number of carbonyl (C=O) groups excluding carboxylic acids is 1. The molecule has 2 rings (SSSR count). The van der Waals surface area contributed by atoms with Gasteiger partial charge >= 0.3 is 0 Å². The zero-order valence-corrected chi connectivity index (χ0v) is 13.2. The van der Waals surface area contributed by atoms with E-state index in [0.29, 0.717) is 30.1 Å². The number of hydrogen-bond donors (Lipinski definition) is 0. The molecule has 0 atom stereocenters. The Morgan fingerprint density at radius 1 is 0.955 bits per heavy atom. The van der Waals surface area contributed by atoms with Crippen LogP contribution in [-0.4, -0.2) is 12.4 Å². The summed E-state index contributed by atoms with van der Waals surface area (Å²) in [6.45, 7) is 4.64. The lowest BCUT2D eigenvalue weighted by Crippen LogP contribution is -2.05. The molecule has 2 aromatic carbocycles. The molecule has 0 saturated heterocycles. The number of carbonyl (C=O) groups is 1. The maximum atomic E-state index is 12.3. The molecule has 0 saturated carbocycles. The molecule has 0 spiro atoms. The van der Waals surface area contributed by atoms with Gasteiger partial charge in [-0.15, -0.1) is 0 Å². The van der Waals surface area contributed by atoms with Crippen molar-refractivity contribution in [3.05, 3.63) is 54.1 Å². The molecule has 0 aromatic heterocycles. The average Bonchev–Trinajstić information content (AvgIpc) is 2.55. The summed E-state index contributed by atoms with van der Waals surface area (Å²) in [6, 6.07) is 15.0. The molecule has 0 fully saturated rings. The Morgan fingerprint density at radius 2 is 1.73 bits per heavy atom. The van der Waals surface area contributed by atoms with Crippen LogP contribution < -0.4 is 9.47 Å². The van der Waals surface area contributed by atoms with E-state index in [1.54, 1.807) is 6.07 Å². The molecule has 0 radical (unpaired) electrons. The van der Waals surface area contributed by atoms with Crippen LogP contribution in [0.25, 0.3) is 0 Å². The van der Waals surface area contributed by atoms with Crippen LogP contribution in [-0.2, 0) is 0 Å². The van der Waals surface area contributed by atoms with E-state index in [2.05, 4.69) is 0 Å². The maximum Gasteiger partial charge on any atom is 0.166 e. The molecule has 3 nitrogen and oxygen atoms in total. The SMILES string of the molecule is CCCOc1ccc(Oc2ccccc2)cc1C(=O)CCC. The number of ketones is 1. The number of Topliss-reactive ketones (excluding diaryl/α,β-unsaturated/α-hetero) is 1. The van der Waals surface area contributed by atoms with Crippen LogP contribution in [0, 0.1) is 0 Å². The highest BCUT2D eigenvalue weighted by atomic mass is 16.5. The predicted octanol–water partition coefficient (Wildman–Crippen LogP) is 5.25. The number of hydrogen-bond acceptors (Lipinski definition) is 3. The first kappa shape index (κ1) is 16.1. The summed E-state index contributed by atoms with van der Waals surface area (Å²) >= 11 is 0. The third-order valence-electron chi connectivity index (χ3n) is 3.17. The number of benzene rings is 2. The fourth-order valence-electron chi connectivity index (χ4n) is 2.11. The van der Waals surface area contributed by atoms with Gasteiger partial charge in [0.1, 0.15) is 17.2 Å². The van der Waals surface area contributed by atoms with E-state index in [1.165, 1.54) is 0 Å². The minimum atomic E-state index is 0.0899. The average molecular weight is 298 g/mol. The van der Waals surface area contributed by atoms with E-state index in [1.807, 2.05) is 56.3 Å². The normalized spacial score (nSPS) is 10.3. The van der Waals surface area contributed by atoms with E-state index in [0.717, 1.165) is 18.6 Å². The van der Waals surface area contributed by atoms with Gasteiger partial charge in [0.25, 0.3) is 0 Å². The van der Waals surface area contributed by atoms with Gasteiger partial charge in [0, 0.05) is 6.42 Å².